The van der Waals surface area contributed by atoms with Crippen LogP contribution in [0.2, 0.25) is 5.02 Å². The summed E-state index contributed by atoms with van der Waals surface area (Å²) in [5.74, 6) is -2.36. The van der Waals surface area contributed by atoms with Gasteiger partial charge in [0.15, 0.2) is 0 Å². The summed E-state index contributed by atoms with van der Waals surface area (Å²) >= 11 is 6.04. The summed E-state index contributed by atoms with van der Waals surface area (Å²) in [5, 5.41) is 12.3. The summed E-state index contributed by atoms with van der Waals surface area (Å²) in [5.41, 5.74) is 0.901. The van der Waals surface area contributed by atoms with Crippen molar-refractivity contribution in [1.82, 2.24) is 0 Å². The number of amides is 1. The maximum atomic E-state index is 12.2. The van der Waals surface area contributed by atoms with Crippen LogP contribution in [0.25, 0.3) is 0 Å². The van der Waals surface area contributed by atoms with Crippen LogP contribution in [-0.2, 0) is 9.59 Å². The van der Waals surface area contributed by atoms with Crippen molar-refractivity contribution < 1.29 is 14.7 Å². The van der Waals surface area contributed by atoms with Crippen molar-refractivity contribution in [1.29, 1.82) is 0 Å². The van der Waals surface area contributed by atoms with E-state index >= 15 is 0 Å². The van der Waals surface area contributed by atoms with Crippen LogP contribution in [0.4, 0.5) is 5.69 Å². The van der Waals surface area contributed by atoms with E-state index in [1.807, 2.05) is 13.0 Å². The topological polar surface area (TPSA) is 66.4 Å². The summed E-state index contributed by atoms with van der Waals surface area (Å²) < 4.78 is 0. The SMILES string of the molecule is Cc1cccc(Cl)c1NC(=O)C1C(C(=O)O)C1(C)C. The summed E-state index contributed by atoms with van der Waals surface area (Å²) in [6, 6.07) is 5.33. The number of carbonyl (C=O) groups excluding carboxylic acids is 1. The number of aliphatic carboxylic acids is 1. The van der Waals surface area contributed by atoms with Crippen LogP contribution in [0.3, 0.4) is 0 Å². The second-order valence-electron chi connectivity index (χ2n) is 5.54. The van der Waals surface area contributed by atoms with E-state index in [1.165, 1.54) is 0 Å². The molecule has 19 heavy (non-hydrogen) atoms. The first-order valence-electron chi connectivity index (χ1n) is 6.05. The first-order valence-corrected chi connectivity index (χ1v) is 6.43. The van der Waals surface area contributed by atoms with Crippen LogP contribution < -0.4 is 5.32 Å². The number of carboxylic acids is 1. The molecule has 1 saturated carbocycles. The molecule has 0 bridgehead atoms. The van der Waals surface area contributed by atoms with Gasteiger partial charge in [0.1, 0.15) is 0 Å². The van der Waals surface area contributed by atoms with Gasteiger partial charge >= 0.3 is 5.97 Å². The second kappa shape index (κ2) is 4.53. The van der Waals surface area contributed by atoms with Crippen molar-refractivity contribution in [3.63, 3.8) is 0 Å². The van der Waals surface area contributed by atoms with Crippen molar-refractivity contribution in [2.45, 2.75) is 20.8 Å². The minimum Gasteiger partial charge on any atom is -0.481 e. The molecule has 0 spiro atoms. The fourth-order valence-electron chi connectivity index (χ4n) is 2.58. The minimum absolute atomic E-state index is 0.284. The summed E-state index contributed by atoms with van der Waals surface area (Å²) in [4.78, 5) is 23.2. The lowest BCUT2D eigenvalue weighted by atomic mass is 10.1. The molecule has 1 amide bonds. The highest BCUT2D eigenvalue weighted by atomic mass is 35.5. The largest absolute Gasteiger partial charge is 0.481 e. The van der Waals surface area contributed by atoms with E-state index in [9.17, 15) is 9.59 Å². The van der Waals surface area contributed by atoms with Crippen LogP contribution in [-0.4, -0.2) is 17.0 Å². The van der Waals surface area contributed by atoms with Gasteiger partial charge in [-0.05, 0) is 24.0 Å². The van der Waals surface area contributed by atoms with Gasteiger partial charge in [-0.25, -0.2) is 0 Å². The second-order valence-corrected chi connectivity index (χ2v) is 5.94. The maximum absolute atomic E-state index is 12.2. The molecule has 1 aliphatic rings. The first kappa shape index (κ1) is 13.9. The molecular formula is C14H16ClNO3. The smallest absolute Gasteiger partial charge is 0.307 e. The van der Waals surface area contributed by atoms with E-state index in [-0.39, 0.29) is 5.91 Å². The Balaban J connectivity index is 2.18. The van der Waals surface area contributed by atoms with Crippen LogP contribution >= 0.6 is 11.6 Å². The molecule has 1 fully saturated rings. The van der Waals surface area contributed by atoms with Crippen LogP contribution in [0.15, 0.2) is 18.2 Å². The maximum Gasteiger partial charge on any atom is 0.307 e. The monoisotopic (exact) mass is 281 g/mol. The van der Waals surface area contributed by atoms with Crippen molar-refractivity contribution in [3.8, 4) is 0 Å². The quantitative estimate of drug-likeness (QED) is 0.895. The standard InChI is InChI=1S/C14H16ClNO3/c1-7-5-4-6-8(15)11(7)16-12(17)9-10(13(18)19)14(9,2)3/h4-6,9-10H,1-3H3,(H,16,17)(H,18,19). The Morgan fingerprint density at radius 3 is 2.42 bits per heavy atom. The molecule has 1 aliphatic carbocycles. The number of carbonyl (C=O) groups is 2. The Bertz CT molecular complexity index is 533. The van der Waals surface area contributed by atoms with Gasteiger partial charge in [0.25, 0.3) is 0 Å². The van der Waals surface area contributed by atoms with E-state index in [0.717, 1.165) is 5.56 Å². The number of carboxylic acid groups (broad SMARTS) is 1. The molecule has 0 aromatic heterocycles. The zero-order valence-electron chi connectivity index (χ0n) is 11.0. The first-order chi connectivity index (χ1) is 8.76. The van der Waals surface area contributed by atoms with Gasteiger partial charge in [-0.2, -0.15) is 0 Å². The summed E-state index contributed by atoms with van der Waals surface area (Å²) in [6.07, 6.45) is 0. The van der Waals surface area contributed by atoms with E-state index in [2.05, 4.69) is 5.32 Å². The van der Waals surface area contributed by atoms with Crippen molar-refractivity contribution in [2.75, 3.05) is 5.32 Å². The Labute approximate surface area is 116 Å². The molecular weight excluding hydrogens is 266 g/mol. The number of rotatable bonds is 3. The highest BCUT2D eigenvalue weighted by molar-refractivity contribution is 6.34. The van der Waals surface area contributed by atoms with Crippen molar-refractivity contribution >= 4 is 29.2 Å². The number of nitrogens with one attached hydrogen (secondary N) is 1. The highest BCUT2D eigenvalue weighted by Gasteiger charge is 2.65. The van der Waals surface area contributed by atoms with Crippen molar-refractivity contribution in [2.24, 2.45) is 17.3 Å². The Morgan fingerprint density at radius 1 is 1.32 bits per heavy atom. The zero-order valence-corrected chi connectivity index (χ0v) is 11.8. The van der Waals surface area contributed by atoms with Crippen LogP contribution in [0.5, 0.6) is 0 Å². The number of benzene rings is 1. The molecule has 4 nitrogen and oxygen atoms in total. The van der Waals surface area contributed by atoms with Gasteiger partial charge < -0.3 is 10.4 Å². The molecule has 0 saturated heterocycles. The van der Waals surface area contributed by atoms with Crippen LogP contribution in [0, 0.1) is 24.2 Å². The average Bonchev–Trinajstić information content (AvgIpc) is 2.87. The molecule has 2 atom stereocenters. The molecule has 1 aromatic rings. The normalized spacial score (nSPS) is 23.8. The Kier molecular flexibility index (Phi) is 3.31. The summed E-state index contributed by atoms with van der Waals surface area (Å²) in [7, 11) is 0. The van der Waals surface area contributed by atoms with Gasteiger partial charge in [-0.3, -0.25) is 9.59 Å². The fourth-order valence-corrected chi connectivity index (χ4v) is 2.85. The molecule has 1 aromatic carbocycles. The fraction of sp³-hybridized carbons (Fsp3) is 0.429. The summed E-state index contributed by atoms with van der Waals surface area (Å²) in [6.45, 7) is 5.42. The van der Waals surface area contributed by atoms with Crippen LogP contribution in [0.1, 0.15) is 19.4 Å². The van der Waals surface area contributed by atoms with E-state index in [4.69, 9.17) is 16.7 Å². The third-order valence-corrected chi connectivity index (χ3v) is 4.16. The Hall–Kier alpha value is -1.55. The van der Waals surface area contributed by atoms with Crippen molar-refractivity contribution in [3.05, 3.63) is 28.8 Å². The molecule has 102 valence electrons. The van der Waals surface area contributed by atoms with Gasteiger partial charge in [0.05, 0.1) is 22.5 Å². The molecule has 0 aliphatic heterocycles. The third-order valence-electron chi connectivity index (χ3n) is 3.85. The molecule has 5 heteroatoms. The lowest BCUT2D eigenvalue weighted by Crippen LogP contribution is -2.18. The lowest BCUT2D eigenvalue weighted by Gasteiger charge is -2.10. The predicted molar refractivity (Wildman–Crippen MR) is 73.2 cm³/mol. The van der Waals surface area contributed by atoms with E-state index in [1.54, 1.807) is 26.0 Å². The molecule has 2 N–H and O–H groups in total. The number of hydrogen-bond acceptors (Lipinski definition) is 2. The molecule has 0 heterocycles. The highest BCUT2D eigenvalue weighted by Crippen LogP contribution is 2.58. The average molecular weight is 282 g/mol. The number of halogens is 1. The molecule has 2 unspecified atom stereocenters. The molecule has 0 radical (unpaired) electrons. The lowest BCUT2D eigenvalue weighted by molar-refractivity contribution is -0.140. The number of aryl methyl sites for hydroxylation is 1. The molecule has 2 rings (SSSR count). The van der Waals surface area contributed by atoms with E-state index in [0.29, 0.717) is 10.7 Å². The number of anilines is 1. The zero-order chi connectivity index (χ0) is 14.4. The van der Waals surface area contributed by atoms with E-state index < -0.39 is 23.2 Å². The Morgan fingerprint density at radius 2 is 1.95 bits per heavy atom. The third kappa shape index (κ3) is 2.32. The van der Waals surface area contributed by atoms with Gasteiger partial charge in [0, 0.05) is 0 Å². The van der Waals surface area contributed by atoms with Gasteiger partial charge in [0.2, 0.25) is 5.91 Å². The number of para-hydroxylation sites is 1. The van der Waals surface area contributed by atoms with Gasteiger partial charge in [-0.15, -0.1) is 0 Å². The van der Waals surface area contributed by atoms with Gasteiger partial charge in [-0.1, -0.05) is 37.6 Å². The number of hydrogen-bond donors (Lipinski definition) is 2. The predicted octanol–water partition coefficient (Wildman–Crippen LogP) is 2.94. The minimum atomic E-state index is -0.930.